The number of halogens is 1. The molecule has 1 aromatic carbocycles. The lowest BCUT2D eigenvalue weighted by molar-refractivity contribution is -0.123. The fourth-order valence-electron chi connectivity index (χ4n) is 1.72. The summed E-state index contributed by atoms with van der Waals surface area (Å²) < 4.78 is 5.74. The van der Waals surface area contributed by atoms with Gasteiger partial charge in [-0.25, -0.2) is 4.79 Å². The molecule has 1 aromatic heterocycles. The van der Waals surface area contributed by atoms with E-state index in [9.17, 15) is 9.59 Å². The van der Waals surface area contributed by atoms with Crippen LogP contribution in [0.3, 0.4) is 0 Å². The second-order valence-corrected chi connectivity index (χ2v) is 5.54. The van der Waals surface area contributed by atoms with E-state index in [0.717, 1.165) is 0 Å². The molecule has 0 aliphatic rings. The lowest BCUT2D eigenvalue weighted by Crippen LogP contribution is -2.30. The number of nitrogens with zero attached hydrogens (tertiary/aromatic N) is 2. The Hall–Kier alpha value is -2.72. The normalized spacial score (nSPS) is 11.2. The van der Waals surface area contributed by atoms with Crippen molar-refractivity contribution in [2.75, 3.05) is 5.32 Å². The fraction of sp³-hybridized carbons (Fsp3) is 0.125. The maximum atomic E-state index is 12.0. The van der Waals surface area contributed by atoms with Gasteiger partial charge in [0.1, 0.15) is 0 Å². The van der Waals surface area contributed by atoms with Gasteiger partial charge in [-0.1, -0.05) is 6.07 Å². The van der Waals surface area contributed by atoms with Crippen LogP contribution in [0.4, 0.5) is 5.69 Å². The Morgan fingerprint density at radius 2 is 2.13 bits per heavy atom. The number of rotatable bonds is 4. The first-order valence-electron chi connectivity index (χ1n) is 6.62. The number of pyridine rings is 1. The van der Waals surface area contributed by atoms with E-state index in [1.165, 1.54) is 25.4 Å². The number of benzene rings is 1. The highest BCUT2D eigenvalue weighted by molar-refractivity contribution is 9.10. The number of hydrogen-bond donors (Lipinski definition) is 1. The molecule has 0 fully saturated rings. The van der Waals surface area contributed by atoms with Crippen molar-refractivity contribution in [1.82, 2.24) is 4.98 Å². The molecule has 6 nitrogen and oxygen atoms in total. The van der Waals surface area contributed by atoms with E-state index >= 15 is 0 Å². The quantitative estimate of drug-likeness (QED) is 0.831. The van der Waals surface area contributed by atoms with E-state index in [4.69, 9.17) is 10.00 Å². The molecule has 0 unspecified atom stereocenters. The number of nitrogens with one attached hydrogen (secondary N) is 1. The predicted molar refractivity (Wildman–Crippen MR) is 86.6 cm³/mol. The predicted octanol–water partition coefficient (Wildman–Crippen LogP) is 2.90. The summed E-state index contributed by atoms with van der Waals surface area (Å²) in [5.74, 6) is -1.14. The second kappa shape index (κ2) is 7.51. The Kier molecular flexibility index (Phi) is 5.44. The monoisotopic (exact) mass is 373 g/mol. The number of anilines is 1. The largest absolute Gasteiger partial charge is 0.449 e. The lowest BCUT2D eigenvalue weighted by Gasteiger charge is -2.13. The minimum atomic E-state index is -0.993. The van der Waals surface area contributed by atoms with Crippen molar-refractivity contribution in [2.24, 2.45) is 0 Å². The van der Waals surface area contributed by atoms with Crippen molar-refractivity contribution in [3.05, 3.63) is 58.3 Å². The summed E-state index contributed by atoms with van der Waals surface area (Å²) in [5.41, 5.74) is 1.12. The highest BCUT2D eigenvalue weighted by atomic mass is 79.9. The summed E-state index contributed by atoms with van der Waals surface area (Å²) in [5, 5.41) is 11.4. The molecule has 7 heteroatoms. The van der Waals surface area contributed by atoms with Crippen LogP contribution in [-0.4, -0.2) is 23.0 Å². The van der Waals surface area contributed by atoms with Gasteiger partial charge in [-0.3, -0.25) is 9.78 Å². The summed E-state index contributed by atoms with van der Waals surface area (Å²) in [4.78, 5) is 27.9. The molecule has 0 aliphatic carbocycles. The Bertz CT molecular complexity index is 786. The molecule has 0 saturated heterocycles. The minimum Gasteiger partial charge on any atom is -0.449 e. The SMILES string of the molecule is C[C@@H](OC(=O)c1cncc(Br)c1)C(=O)Nc1cccc(C#N)c1. The molecule has 0 bridgehead atoms. The molecular weight excluding hydrogens is 362 g/mol. The van der Waals surface area contributed by atoms with E-state index in [1.54, 1.807) is 24.3 Å². The van der Waals surface area contributed by atoms with Gasteiger partial charge in [-0.05, 0) is 47.1 Å². The zero-order valence-electron chi connectivity index (χ0n) is 12.1. The van der Waals surface area contributed by atoms with Crippen LogP contribution in [0, 0.1) is 11.3 Å². The van der Waals surface area contributed by atoms with Gasteiger partial charge >= 0.3 is 5.97 Å². The third kappa shape index (κ3) is 4.63. The topological polar surface area (TPSA) is 92.1 Å². The first kappa shape index (κ1) is 16.6. The van der Waals surface area contributed by atoms with Crippen LogP contribution in [0.5, 0.6) is 0 Å². The van der Waals surface area contributed by atoms with Crippen LogP contribution < -0.4 is 5.32 Å². The fourth-order valence-corrected chi connectivity index (χ4v) is 2.08. The zero-order chi connectivity index (χ0) is 16.8. The van der Waals surface area contributed by atoms with E-state index in [0.29, 0.717) is 15.7 Å². The van der Waals surface area contributed by atoms with Gasteiger partial charge in [0.15, 0.2) is 6.10 Å². The van der Waals surface area contributed by atoms with Gasteiger partial charge in [0.25, 0.3) is 5.91 Å². The average molecular weight is 374 g/mol. The Labute approximate surface area is 141 Å². The van der Waals surface area contributed by atoms with Crippen molar-refractivity contribution in [2.45, 2.75) is 13.0 Å². The van der Waals surface area contributed by atoms with Crippen molar-refractivity contribution < 1.29 is 14.3 Å². The summed E-state index contributed by atoms with van der Waals surface area (Å²) >= 11 is 3.21. The van der Waals surface area contributed by atoms with Crippen molar-refractivity contribution in [3.63, 3.8) is 0 Å². The molecule has 2 aromatic rings. The molecule has 116 valence electrons. The number of esters is 1. The van der Waals surface area contributed by atoms with Crippen LogP contribution in [0.1, 0.15) is 22.8 Å². The van der Waals surface area contributed by atoms with Gasteiger partial charge in [-0.2, -0.15) is 5.26 Å². The lowest BCUT2D eigenvalue weighted by atomic mass is 10.2. The van der Waals surface area contributed by atoms with Crippen LogP contribution in [-0.2, 0) is 9.53 Å². The Morgan fingerprint density at radius 1 is 1.35 bits per heavy atom. The second-order valence-electron chi connectivity index (χ2n) is 4.62. The molecule has 0 aliphatic heterocycles. The molecule has 0 spiro atoms. The summed E-state index contributed by atoms with van der Waals surface area (Å²) in [6.45, 7) is 1.47. The first-order chi connectivity index (χ1) is 11.0. The first-order valence-corrected chi connectivity index (χ1v) is 7.41. The smallest absolute Gasteiger partial charge is 0.340 e. The van der Waals surface area contributed by atoms with E-state index in [2.05, 4.69) is 26.2 Å². The van der Waals surface area contributed by atoms with E-state index in [1.807, 2.05) is 6.07 Å². The number of amides is 1. The molecule has 0 radical (unpaired) electrons. The van der Waals surface area contributed by atoms with E-state index < -0.39 is 18.0 Å². The zero-order valence-corrected chi connectivity index (χ0v) is 13.7. The summed E-state index contributed by atoms with van der Waals surface area (Å²) in [6.07, 6.45) is 1.90. The van der Waals surface area contributed by atoms with Crippen molar-refractivity contribution in [1.29, 1.82) is 5.26 Å². The Morgan fingerprint density at radius 3 is 2.83 bits per heavy atom. The van der Waals surface area contributed by atoms with E-state index in [-0.39, 0.29) is 5.56 Å². The Balaban J connectivity index is 1.99. The highest BCUT2D eigenvalue weighted by Crippen LogP contribution is 2.13. The third-order valence-electron chi connectivity index (χ3n) is 2.85. The third-order valence-corrected chi connectivity index (χ3v) is 3.29. The maximum Gasteiger partial charge on any atom is 0.340 e. The number of hydrogen-bond acceptors (Lipinski definition) is 5. The van der Waals surface area contributed by atoms with Gasteiger partial charge < -0.3 is 10.1 Å². The van der Waals surface area contributed by atoms with Gasteiger partial charge in [0.05, 0.1) is 17.2 Å². The average Bonchev–Trinajstić information content (AvgIpc) is 2.54. The number of aromatic nitrogens is 1. The molecule has 1 amide bonds. The molecule has 2 rings (SSSR count). The number of carbonyl (C=O) groups is 2. The van der Waals surface area contributed by atoms with Gasteiger partial charge in [-0.15, -0.1) is 0 Å². The van der Waals surface area contributed by atoms with Crippen LogP contribution in [0.15, 0.2) is 47.2 Å². The maximum absolute atomic E-state index is 12.0. The molecule has 1 heterocycles. The van der Waals surface area contributed by atoms with Crippen LogP contribution >= 0.6 is 15.9 Å². The molecular formula is C16H12BrN3O3. The number of nitriles is 1. The van der Waals surface area contributed by atoms with Crippen molar-refractivity contribution in [3.8, 4) is 6.07 Å². The molecule has 0 saturated carbocycles. The summed E-state index contributed by atoms with van der Waals surface area (Å²) in [7, 11) is 0. The summed E-state index contributed by atoms with van der Waals surface area (Å²) in [6, 6.07) is 9.98. The molecule has 1 N–H and O–H groups in total. The van der Waals surface area contributed by atoms with Gasteiger partial charge in [0, 0.05) is 22.6 Å². The minimum absolute atomic E-state index is 0.241. The van der Waals surface area contributed by atoms with Gasteiger partial charge in [0.2, 0.25) is 0 Å². The number of carbonyl (C=O) groups excluding carboxylic acids is 2. The standard InChI is InChI=1S/C16H12BrN3O3/c1-10(23-16(22)12-6-13(17)9-19-8-12)15(21)20-14-4-2-3-11(5-14)7-18/h2-6,8-10H,1H3,(H,20,21)/t10-/m1/s1. The van der Waals surface area contributed by atoms with Crippen LogP contribution in [0.25, 0.3) is 0 Å². The number of ether oxygens (including phenoxy) is 1. The molecule has 23 heavy (non-hydrogen) atoms. The van der Waals surface area contributed by atoms with Crippen molar-refractivity contribution >= 4 is 33.5 Å². The molecule has 1 atom stereocenters. The van der Waals surface area contributed by atoms with Crippen LogP contribution in [0.2, 0.25) is 0 Å². The highest BCUT2D eigenvalue weighted by Gasteiger charge is 2.19.